The SMILES string of the molecule is COc1ccc(C(=O)Nc2ccccc2C(=O)OCc2ccccc2F)cc1. The summed E-state index contributed by atoms with van der Waals surface area (Å²) in [5.41, 5.74) is 1.17. The second kappa shape index (κ2) is 8.81. The second-order valence-electron chi connectivity index (χ2n) is 5.90. The zero-order valence-corrected chi connectivity index (χ0v) is 15.1. The van der Waals surface area contributed by atoms with Crippen molar-refractivity contribution in [3.63, 3.8) is 0 Å². The summed E-state index contributed by atoms with van der Waals surface area (Å²) in [7, 11) is 1.54. The molecule has 1 N–H and O–H groups in total. The van der Waals surface area contributed by atoms with Crippen LogP contribution in [0.15, 0.2) is 72.8 Å². The Morgan fingerprint density at radius 3 is 2.32 bits per heavy atom. The normalized spacial score (nSPS) is 10.2. The Hall–Kier alpha value is -3.67. The summed E-state index contributed by atoms with van der Waals surface area (Å²) in [6, 6.07) is 19.1. The number of carbonyl (C=O) groups is 2. The number of halogens is 1. The lowest BCUT2D eigenvalue weighted by molar-refractivity contribution is 0.0470. The molecule has 28 heavy (non-hydrogen) atoms. The van der Waals surface area contributed by atoms with Crippen molar-refractivity contribution in [3.05, 3.63) is 95.3 Å². The Labute approximate surface area is 161 Å². The molecule has 6 heteroatoms. The molecule has 5 nitrogen and oxygen atoms in total. The molecule has 0 aromatic heterocycles. The molecule has 3 aromatic rings. The van der Waals surface area contributed by atoms with Crippen LogP contribution >= 0.6 is 0 Å². The van der Waals surface area contributed by atoms with Gasteiger partial charge in [0.2, 0.25) is 0 Å². The van der Waals surface area contributed by atoms with Gasteiger partial charge in [-0.15, -0.1) is 0 Å². The van der Waals surface area contributed by atoms with E-state index in [9.17, 15) is 14.0 Å². The van der Waals surface area contributed by atoms with E-state index in [0.29, 0.717) is 17.0 Å². The summed E-state index contributed by atoms with van der Waals surface area (Å²) in [4.78, 5) is 24.9. The van der Waals surface area contributed by atoms with Gasteiger partial charge in [-0.05, 0) is 42.5 Å². The molecule has 142 valence electrons. The van der Waals surface area contributed by atoms with E-state index in [1.165, 1.54) is 19.2 Å². The summed E-state index contributed by atoms with van der Waals surface area (Å²) in [5.74, 6) is -0.851. The van der Waals surface area contributed by atoms with Crippen LogP contribution < -0.4 is 10.1 Å². The largest absolute Gasteiger partial charge is 0.497 e. The van der Waals surface area contributed by atoms with E-state index in [1.54, 1.807) is 60.7 Å². The lowest BCUT2D eigenvalue weighted by Crippen LogP contribution is -2.16. The highest BCUT2D eigenvalue weighted by Crippen LogP contribution is 2.19. The number of hydrogen-bond donors (Lipinski definition) is 1. The maximum absolute atomic E-state index is 13.7. The number of methoxy groups -OCH3 is 1. The molecule has 0 atom stereocenters. The number of rotatable bonds is 6. The van der Waals surface area contributed by atoms with Gasteiger partial charge in [-0.3, -0.25) is 4.79 Å². The molecular weight excluding hydrogens is 361 g/mol. The van der Waals surface area contributed by atoms with E-state index in [0.717, 1.165) is 0 Å². The number of esters is 1. The van der Waals surface area contributed by atoms with Crippen LogP contribution in [-0.2, 0) is 11.3 Å². The molecule has 0 saturated heterocycles. The Balaban J connectivity index is 1.72. The third-order valence-electron chi connectivity index (χ3n) is 4.06. The van der Waals surface area contributed by atoms with E-state index >= 15 is 0 Å². The van der Waals surface area contributed by atoms with Crippen LogP contribution in [0, 0.1) is 5.82 Å². The molecule has 0 aliphatic heterocycles. The summed E-state index contributed by atoms with van der Waals surface area (Å²) in [6.45, 7) is -0.202. The molecule has 3 rings (SSSR count). The first-order valence-electron chi connectivity index (χ1n) is 8.53. The Morgan fingerprint density at radius 2 is 1.61 bits per heavy atom. The molecular formula is C22H18FNO4. The standard InChI is InChI=1S/C22H18FNO4/c1-27-17-12-10-15(11-13-17)21(25)24-20-9-5-3-7-18(20)22(26)28-14-16-6-2-4-8-19(16)23/h2-13H,14H2,1H3,(H,24,25). The van der Waals surface area contributed by atoms with Crippen LogP contribution in [-0.4, -0.2) is 19.0 Å². The van der Waals surface area contributed by atoms with Crippen LogP contribution in [0.2, 0.25) is 0 Å². The molecule has 0 saturated carbocycles. The van der Waals surface area contributed by atoms with E-state index in [1.807, 2.05) is 0 Å². The first-order chi connectivity index (χ1) is 13.6. The minimum atomic E-state index is -0.658. The highest BCUT2D eigenvalue weighted by Gasteiger charge is 2.16. The fourth-order valence-corrected chi connectivity index (χ4v) is 2.54. The predicted molar refractivity (Wildman–Crippen MR) is 103 cm³/mol. The Morgan fingerprint density at radius 1 is 0.929 bits per heavy atom. The van der Waals surface area contributed by atoms with Crippen molar-refractivity contribution < 1.29 is 23.5 Å². The third kappa shape index (κ3) is 4.54. The number of amides is 1. The molecule has 0 heterocycles. The number of hydrogen-bond acceptors (Lipinski definition) is 4. The van der Waals surface area contributed by atoms with E-state index in [-0.39, 0.29) is 23.6 Å². The predicted octanol–water partition coefficient (Wildman–Crippen LogP) is 4.44. The van der Waals surface area contributed by atoms with Gasteiger partial charge in [0, 0.05) is 11.1 Å². The smallest absolute Gasteiger partial charge is 0.340 e. The van der Waals surface area contributed by atoms with Gasteiger partial charge in [-0.2, -0.15) is 0 Å². The van der Waals surface area contributed by atoms with Crippen LogP contribution in [0.3, 0.4) is 0 Å². The summed E-state index contributed by atoms with van der Waals surface area (Å²) >= 11 is 0. The van der Waals surface area contributed by atoms with Crippen LogP contribution in [0.4, 0.5) is 10.1 Å². The maximum Gasteiger partial charge on any atom is 0.340 e. The zero-order chi connectivity index (χ0) is 19.9. The van der Waals surface area contributed by atoms with Crippen molar-refractivity contribution in [2.24, 2.45) is 0 Å². The Kier molecular flexibility index (Phi) is 6.01. The molecule has 0 bridgehead atoms. The van der Waals surface area contributed by atoms with Gasteiger partial charge in [0.15, 0.2) is 0 Å². The summed E-state index contributed by atoms with van der Waals surface area (Å²) in [6.07, 6.45) is 0. The average Bonchev–Trinajstić information content (AvgIpc) is 2.73. The number of para-hydroxylation sites is 1. The minimum Gasteiger partial charge on any atom is -0.497 e. The fraction of sp³-hybridized carbons (Fsp3) is 0.0909. The quantitative estimate of drug-likeness (QED) is 0.643. The first kappa shape index (κ1) is 19.1. The van der Waals surface area contributed by atoms with Gasteiger partial charge in [0.25, 0.3) is 5.91 Å². The third-order valence-corrected chi connectivity index (χ3v) is 4.06. The van der Waals surface area contributed by atoms with Crippen LogP contribution in [0.1, 0.15) is 26.3 Å². The molecule has 0 aliphatic rings. The zero-order valence-electron chi connectivity index (χ0n) is 15.1. The van der Waals surface area contributed by atoms with Crippen molar-refractivity contribution in [1.82, 2.24) is 0 Å². The monoisotopic (exact) mass is 379 g/mol. The molecule has 0 radical (unpaired) electrons. The van der Waals surface area contributed by atoms with E-state index in [4.69, 9.17) is 9.47 Å². The maximum atomic E-state index is 13.7. The highest BCUT2D eigenvalue weighted by atomic mass is 19.1. The van der Waals surface area contributed by atoms with Crippen molar-refractivity contribution in [3.8, 4) is 5.75 Å². The molecule has 0 fully saturated rings. The lowest BCUT2D eigenvalue weighted by Gasteiger charge is -2.11. The van der Waals surface area contributed by atoms with Gasteiger partial charge in [0.1, 0.15) is 18.2 Å². The van der Waals surface area contributed by atoms with Gasteiger partial charge in [-0.1, -0.05) is 30.3 Å². The average molecular weight is 379 g/mol. The molecule has 0 aliphatic carbocycles. The van der Waals surface area contributed by atoms with Crippen LogP contribution in [0.25, 0.3) is 0 Å². The molecule has 0 spiro atoms. The number of carbonyl (C=O) groups excluding carboxylic acids is 2. The van der Waals surface area contributed by atoms with Gasteiger partial charge in [-0.25, -0.2) is 9.18 Å². The molecule has 0 unspecified atom stereocenters. The number of ether oxygens (including phenoxy) is 2. The topological polar surface area (TPSA) is 64.6 Å². The summed E-state index contributed by atoms with van der Waals surface area (Å²) < 4.78 is 24.0. The molecule has 1 amide bonds. The van der Waals surface area contributed by atoms with E-state index < -0.39 is 11.8 Å². The number of benzene rings is 3. The second-order valence-corrected chi connectivity index (χ2v) is 5.90. The van der Waals surface area contributed by atoms with E-state index in [2.05, 4.69) is 5.32 Å². The number of anilines is 1. The summed E-state index contributed by atoms with van der Waals surface area (Å²) in [5, 5.41) is 2.70. The van der Waals surface area contributed by atoms with Gasteiger partial charge >= 0.3 is 5.97 Å². The Bertz CT molecular complexity index is 986. The van der Waals surface area contributed by atoms with Gasteiger partial charge in [0.05, 0.1) is 18.4 Å². The number of nitrogens with one attached hydrogen (secondary N) is 1. The van der Waals surface area contributed by atoms with Crippen molar-refractivity contribution >= 4 is 17.6 Å². The lowest BCUT2D eigenvalue weighted by atomic mass is 10.1. The highest BCUT2D eigenvalue weighted by molar-refractivity contribution is 6.08. The van der Waals surface area contributed by atoms with Gasteiger partial charge < -0.3 is 14.8 Å². The van der Waals surface area contributed by atoms with Crippen molar-refractivity contribution in [1.29, 1.82) is 0 Å². The van der Waals surface area contributed by atoms with Crippen molar-refractivity contribution in [2.75, 3.05) is 12.4 Å². The first-order valence-corrected chi connectivity index (χ1v) is 8.53. The fourth-order valence-electron chi connectivity index (χ4n) is 2.54. The van der Waals surface area contributed by atoms with Crippen LogP contribution in [0.5, 0.6) is 5.75 Å². The van der Waals surface area contributed by atoms with Crippen molar-refractivity contribution in [2.45, 2.75) is 6.61 Å². The minimum absolute atomic E-state index is 0.181. The molecule has 3 aromatic carbocycles.